The molecule has 1 atom stereocenters. The number of carboxylic acid groups (broad SMARTS) is 1. The lowest BCUT2D eigenvalue weighted by atomic mass is 9.89. The van der Waals surface area contributed by atoms with Crippen LogP contribution >= 0.6 is 11.8 Å². The van der Waals surface area contributed by atoms with Crippen LogP contribution in [0.4, 0.5) is 22.0 Å². The lowest BCUT2D eigenvalue weighted by Crippen LogP contribution is -2.37. The molecule has 0 aromatic heterocycles. The molecular formula is C14H23F5O2S. The highest BCUT2D eigenvalue weighted by atomic mass is 32.2. The monoisotopic (exact) mass is 350 g/mol. The molecule has 0 aliphatic rings. The first-order chi connectivity index (χ1) is 9.68. The predicted octanol–water partition coefficient (Wildman–Crippen LogP) is 5.22. The predicted molar refractivity (Wildman–Crippen MR) is 77.4 cm³/mol. The number of carboxylic acids is 1. The molecule has 22 heavy (non-hydrogen) atoms. The van der Waals surface area contributed by atoms with Gasteiger partial charge < -0.3 is 5.11 Å². The van der Waals surface area contributed by atoms with Gasteiger partial charge in [-0.2, -0.15) is 33.7 Å². The Morgan fingerprint density at radius 1 is 1.14 bits per heavy atom. The number of thioether (sulfide) groups is 1. The summed E-state index contributed by atoms with van der Waals surface area (Å²) in [5.74, 6) is -6.53. The zero-order chi connectivity index (χ0) is 17.8. The number of halogens is 5. The maximum Gasteiger partial charge on any atom is 0.453 e. The molecule has 1 N–H and O–H groups in total. The van der Waals surface area contributed by atoms with E-state index in [1.165, 1.54) is 0 Å². The van der Waals surface area contributed by atoms with Crippen molar-refractivity contribution in [2.75, 3.05) is 5.75 Å². The highest BCUT2D eigenvalue weighted by Gasteiger charge is 2.56. The van der Waals surface area contributed by atoms with Crippen LogP contribution in [0.15, 0.2) is 0 Å². The van der Waals surface area contributed by atoms with E-state index in [-0.39, 0.29) is 18.1 Å². The number of hydrogen-bond acceptors (Lipinski definition) is 2. The molecule has 0 rings (SSSR count). The largest absolute Gasteiger partial charge is 0.481 e. The van der Waals surface area contributed by atoms with Gasteiger partial charge in [-0.1, -0.05) is 27.7 Å². The van der Waals surface area contributed by atoms with Gasteiger partial charge >= 0.3 is 18.1 Å². The van der Waals surface area contributed by atoms with Crippen LogP contribution in [0.3, 0.4) is 0 Å². The number of alkyl halides is 5. The van der Waals surface area contributed by atoms with E-state index in [1.807, 2.05) is 13.8 Å². The molecule has 0 spiro atoms. The van der Waals surface area contributed by atoms with Gasteiger partial charge in [-0.3, -0.25) is 4.79 Å². The van der Waals surface area contributed by atoms with Crippen molar-refractivity contribution in [3.63, 3.8) is 0 Å². The summed E-state index contributed by atoms with van der Waals surface area (Å²) in [6.45, 7) is 7.08. The fourth-order valence-electron chi connectivity index (χ4n) is 2.09. The Balaban J connectivity index is 4.54. The molecule has 8 heteroatoms. The van der Waals surface area contributed by atoms with Crippen LogP contribution in [0.2, 0.25) is 0 Å². The molecule has 0 amide bonds. The lowest BCUT2D eigenvalue weighted by Gasteiger charge is -2.29. The molecule has 0 heterocycles. The van der Waals surface area contributed by atoms with Crippen molar-refractivity contribution in [1.29, 1.82) is 0 Å². The number of aliphatic carboxylic acids is 1. The Kier molecular flexibility index (Phi) is 7.65. The highest BCUT2D eigenvalue weighted by Crippen LogP contribution is 2.41. The molecule has 0 aromatic rings. The minimum atomic E-state index is -5.54. The van der Waals surface area contributed by atoms with Crippen LogP contribution in [-0.4, -0.2) is 33.7 Å². The van der Waals surface area contributed by atoms with Crippen molar-refractivity contribution in [2.24, 2.45) is 11.8 Å². The number of carbonyl (C=O) groups is 1. The summed E-state index contributed by atoms with van der Waals surface area (Å²) in [5, 5.41) is 9.17. The summed E-state index contributed by atoms with van der Waals surface area (Å²) < 4.78 is 61.2. The highest BCUT2D eigenvalue weighted by molar-refractivity contribution is 8.00. The molecule has 0 radical (unpaired) electrons. The standard InChI is InChI=1S/C14H23F5O2S/c1-9(2)7-10(11(20)21)8-12(3,4)22-6-5-13(15,16)14(17,18)19/h9-10H,5-8H2,1-4H3,(H,20,21). The third kappa shape index (κ3) is 7.65. The van der Waals surface area contributed by atoms with Crippen LogP contribution in [-0.2, 0) is 4.79 Å². The first-order valence-corrected chi connectivity index (χ1v) is 7.98. The van der Waals surface area contributed by atoms with Crippen molar-refractivity contribution in [3.05, 3.63) is 0 Å². The van der Waals surface area contributed by atoms with E-state index in [2.05, 4.69) is 0 Å². The van der Waals surface area contributed by atoms with Crippen molar-refractivity contribution in [1.82, 2.24) is 0 Å². The van der Waals surface area contributed by atoms with Crippen LogP contribution in [0.5, 0.6) is 0 Å². The fourth-order valence-corrected chi connectivity index (χ4v) is 3.32. The molecule has 0 aliphatic heterocycles. The van der Waals surface area contributed by atoms with Gasteiger partial charge in [0.2, 0.25) is 0 Å². The summed E-state index contributed by atoms with van der Waals surface area (Å²) in [6, 6.07) is 0. The number of hydrogen-bond donors (Lipinski definition) is 1. The normalized spacial score (nSPS) is 15.2. The Labute approximate surface area is 131 Å². The van der Waals surface area contributed by atoms with E-state index >= 15 is 0 Å². The third-order valence-corrected chi connectivity index (χ3v) is 4.52. The van der Waals surface area contributed by atoms with E-state index in [0.29, 0.717) is 6.42 Å². The average molecular weight is 350 g/mol. The summed E-state index contributed by atoms with van der Waals surface area (Å²) >= 11 is 0.951. The Bertz CT molecular complexity index is 367. The van der Waals surface area contributed by atoms with Crippen molar-refractivity contribution in [2.45, 2.75) is 63.8 Å². The number of rotatable bonds is 9. The molecule has 0 saturated heterocycles. The van der Waals surface area contributed by atoms with Gasteiger partial charge in [0, 0.05) is 11.2 Å². The molecule has 0 aliphatic carbocycles. The van der Waals surface area contributed by atoms with Crippen LogP contribution in [0.25, 0.3) is 0 Å². The first-order valence-electron chi connectivity index (χ1n) is 6.99. The fraction of sp³-hybridized carbons (Fsp3) is 0.929. The van der Waals surface area contributed by atoms with Crippen LogP contribution in [0.1, 0.15) is 47.0 Å². The summed E-state index contributed by atoms with van der Waals surface area (Å²) in [5.41, 5.74) is 0. The van der Waals surface area contributed by atoms with Crippen LogP contribution < -0.4 is 0 Å². The second-order valence-corrected chi connectivity index (χ2v) is 8.23. The topological polar surface area (TPSA) is 37.3 Å². The first kappa shape index (κ1) is 21.5. The third-order valence-electron chi connectivity index (χ3n) is 3.17. The van der Waals surface area contributed by atoms with Gasteiger partial charge in [-0.15, -0.1) is 0 Å². The minimum absolute atomic E-state index is 0.163. The quantitative estimate of drug-likeness (QED) is 0.579. The average Bonchev–Trinajstić information content (AvgIpc) is 2.24. The molecule has 0 fully saturated rings. The molecule has 0 bridgehead atoms. The zero-order valence-electron chi connectivity index (χ0n) is 13.1. The summed E-state index contributed by atoms with van der Waals surface area (Å²) in [7, 11) is 0. The molecule has 2 nitrogen and oxygen atoms in total. The van der Waals surface area contributed by atoms with Gasteiger partial charge in [0.1, 0.15) is 0 Å². The minimum Gasteiger partial charge on any atom is -0.481 e. The molecule has 132 valence electrons. The molecule has 0 saturated carbocycles. The van der Waals surface area contributed by atoms with Gasteiger partial charge in [0.25, 0.3) is 0 Å². The van der Waals surface area contributed by atoms with Crippen molar-refractivity contribution >= 4 is 17.7 Å². The Morgan fingerprint density at radius 2 is 1.64 bits per heavy atom. The molecule has 1 unspecified atom stereocenters. The van der Waals surface area contributed by atoms with E-state index in [0.717, 1.165) is 11.8 Å². The smallest absolute Gasteiger partial charge is 0.453 e. The zero-order valence-corrected chi connectivity index (χ0v) is 14.0. The second-order valence-electron chi connectivity index (χ2n) is 6.43. The van der Waals surface area contributed by atoms with Gasteiger partial charge in [-0.25, -0.2) is 0 Å². The van der Waals surface area contributed by atoms with E-state index < -0.39 is 35.2 Å². The summed E-state index contributed by atoms with van der Waals surface area (Å²) in [4.78, 5) is 11.2. The van der Waals surface area contributed by atoms with Gasteiger partial charge in [0.15, 0.2) is 0 Å². The molecular weight excluding hydrogens is 327 g/mol. The van der Waals surface area contributed by atoms with Gasteiger partial charge in [-0.05, 0) is 24.5 Å². The van der Waals surface area contributed by atoms with Crippen molar-refractivity contribution < 1.29 is 31.9 Å². The SMILES string of the molecule is CC(C)CC(CC(C)(C)SCCC(F)(F)C(F)(F)F)C(=O)O. The van der Waals surface area contributed by atoms with E-state index in [1.54, 1.807) is 13.8 Å². The maximum absolute atomic E-state index is 12.8. The van der Waals surface area contributed by atoms with E-state index in [9.17, 15) is 26.7 Å². The van der Waals surface area contributed by atoms with Gasteiger partial charge in [0.05, 0.1) is 5.92 Å². The lowest BCUT2D eigenvalue weighted by molar-refractivity contribution is -0.282. The maximum atomic E-state index is 12.8. The Morgan fingerprint density at radius 3 is 2.00 bits per heavy atom. The molecule has 0 aromatic carbocycles. The summed E-state index contributed by atoms with van der Waals surface area (Å²) in [6.07, 6.45) is -6.17. The Hall–Kier alpha value is -0.530. The van der Waals surface area contributed by atoms with Crippen LogP contribution in [0, 0.1) is 11.8 Å². The second kappa shape index (κ2) is 7.84. The van der Waals surface area contributed by atoms with Crippen molar-refractivity contribution in [3.8, 4) is 0 Å². The van der Waals surface area contributed by atoms with E-state index in [4.69, 9.17) is 5.11 Å².